The second-order valence-corrected chi connectivity index (χ2v) is 6.08. The molecule has 0 spiro atoms. The van der Waals surface area contributed by atoms with Gasteiger partial charge >= 0.3 is 0 Å². The van der Waals surface area contributed by atoms with Crippen LogP contribution in [0.1, 0.15) is 48.9 Å². The van der Waals surface area contributed by atoms with Crippen molar-refractivity contribution in [1.29, 1.82) is 5.26 Å². The molecule has 1 aromatic rings. The zero-order valence-corrected chi connectivity index (χ0v) is 12.7. The maximum Gasteiger partial charge on any atom is 0.252 e. The minimum atomic E-state index is -0.768. The third kappa shape index (κ3) is 3.31. The number of carbonyl (C=O) groups excluding carboxylic acids is 1. The fourth-order valence-electron chi connectivity index (χ4n) is 2.54. The topological polar surface area (TPSA) is 73.1 Å². The van der Waals surface area contributed by atoms with Crippen LogP contribution in [-0.2, 0) is 0 Å². The van der Waals surface area contributed by atoms with Crippen molar-refractivity contribution >= 4 is 21.8 Å². The van der Waals surface area contributed by atoms with Gasteiger partial charge in [-0.2, -0.15) is 5.26 Å². The normalized spacial score (nSPS) is 17.8. The highest BCUT2D eigenvalue weighted by atomic mass is 79.9. The molecule has 2 rings (SSSR count). The molecule has 5 heteroatoms. The van der Waals surface area contributed by atoms with E-state index in [1.54, 1.807) is 12.1 Å². The number of carbonyl (C=O) groups is 1. The second kappa shape index (κ2) is 6.27. The van der Waals surface area contributed by atoms with Crippen molar-refractivity contribution in [2.24, 2.45) is 0 Å². The first kappa shape index (κ1) is 14.9. The van der Waals surface area contributed by atoms with E-state index in [0.29, 0.717) is 22.9 Å². The first-order valence-electron chi connectivity index (χ1n) is 6.79. The van der Waals surface area contributed by atoms with Gasteiger partial charge < -0.3 is 10.4 Å². The standard InChI is InChI=1S/C15H17BrN2O2/c16-12-6-5-11(9-13(12)19)14(20)18-15(10-17)7-3-1-2-4-8-15/h5-6,9,19H,1-4,7-8H2,(H,18,20). The van der Waals surface area contributed by atoms with Crippen LogP contribution in [0, 0.1) is 11.3 Å². The Bertz CT molecular complexity index is 543. The SMILES string of the molecule is N#CC1(NC(=O)c2ccc(Br)c(O)c2)CCCCCC1. The number of phenols is 1. The molecule has 106 valence electrons. The van der Waals surface area contributed by atoms with Crippen LogP contribution in [0.25, 0.3) is 0 Å². The number of amides is 1. The molecule has 4 nitrogen and oxygen atoms in total. The monoisotopic (exact) mass is 336 g/mol. The van der Waals surface area contributed by atoms with Crippen molar-refractivity contribution in [2.45, 2.75) is 44.1 Å². The first-order valence-corrected chi connectivity index (χ1v) is 7.58. The number of halogens is 1. The van der Waals surface area contributed by atoms with Gasteiger partial charge in [-0.1, -0.05) is 25.7 Å². The van der Waals surface area contributed by atoms with Crippen LogP contribution in [-0.4, -0.2) is 16.6 Å². The molecule has 1 aromatic carbocycles. The highest BCUT2D eigenvalue weighted by Gasteiger charge is 2.32. The molecule has 1 saturated carbocycles. The number of nitrogens with one attached hydrogen (secondary N) is 1. The summed E-state index contributed by atoms with van der Waals surface area (Å²) in [6.45, 7) is 0. The number of rotatable bonds is 2. The summed E-state index contributed by atoms with van der Waals surface area (Å²) in [6.07, 6.45) is 5.52. The molecular formula is C15H17BrN2O2. The summed E-state index contributed by atoms with van der Waals surface area (Å²) in [7, 11) is 0. The minimum Gasteiger partial charge on any atom is -0.507 e. The Morgan fingerprint density at radius 1 is 1.30 bits per heavy atom. The molecule has 0 atom stereocenters. The fraction of sp³-hybridized carbons (Fsp3) is 0.467. The molecule has 0 saturated heterocycles. The van der Waals surface area contributed by atoms with Gasteiger partial charge in [0, 0.05) is 5.56 Å². The maximum absolute atomic E-state index is 12.3. The Morgan fingerprint density at radius 2 is 1.95 bits per heavy atom. The van der Waals surface area contributed by atoms with Gasteiger partial charge in [0.2, 0.25) is 0 Å². The van der Waals surface area contributed by atoms with Gasteiger partial charge in [0.05, 0.1) is 10.5 Å². The van der Waals surface area contributed by atoms with Crippen molar-refractivity contribution < 1.29 is 9.90 Å². The van der Waals surface area contributed by atoms with E-state index in [9.17, 15) is 15.2 Å². The predicted octanol–water partition coefficient (Wildman–Crippen LogP) is 3.50. The van der Waals surface area contributed by atoms with Gasteiger partial charge in [0.25, 0.3) is 5.91 Å². The summed E-state index contributed by atoms with van der Waals surface area (Å²) in [5.41, 5.74) is -0.402. The molecule has 1 aliphatic carbocycles. The van der Waals surface area contributed by atoms with Crippen LogP contribution in [0.5, 0.6) is 5.75 Å². The summed E-state index contributed by atoms with van der Waals surface area (Å²) in [5, 5.41) is 21.9. The molecule has 0 bridgehead atoms. The Balaban J connectivity index is 2.16. The highest BCUT2D eigenvalue weighted by molar-refractivity contribution is 9.10. The van der Waals surface area contributed by atoms with Crippen LogP contribution in [0.15, 0.2) is 22.7 Å². The summed E-state index contributed by atoms with van der Waals surface area (Å²) in [6, 6.07) is 6.93. The lowest BCUT2D eigenvalue weighted by molar-refractivity contribution is 0.0912. The van der Waals surface area contributed by atoms with E-state index in [2.05, 4.69) is 27.3 Å². The predicted molar refractivity (Wildman–Crippen MR) is 79.3 cm³/mol. The highest BCUT2D eigenvalue weighted by Crippen LogP contribution is 2.28. The third-order valence-electron chi connectivity index (χ3n) is 3.73. The summed E-state index contributed by atoms with van der Waals surface area (Å²) in [4.78, 5) is 12.3. The molecule has 1 fully saturated rings. The Hall–Kier alpha value is -1.54. The smallest absolute Gasteiger partial charge is 0.252 e. The maximum atomic E-state index is 12.3. The number of phenolic OH excluding ortho intramolecular Hbond substituents is 1. The van der Waals surface area contributed by atoms with E-state index in [-0.39, 0.29) is 11.7 Å². The van der Waals surface area contributed by atoms with Crippen LogP contribution < -0.4 is 5.32 Å². The van der Waals surface area contributed by atoms with Crippen LogP contribution in [0.3, 0.4) is 0 Å². The van der Waals surface area contributed by atoms with Gasteiger partial charge in [-0.3, -0.25) is 4.79 Å². The van der Waals surface area contributed by atoms with Gasteiger partial charge in [-0.05, 0) is 47.0 Å². The van der Waals surface area contributed by atoms with Crippen molar-refractivity contribution in [3.8, 4) is 11.8 Å². The van der Waals surface area contributed by atoms with Crippen molar-refractivity contribution in [2.75, 3.05) is 0 Å². The number of nitriles is 1. The molecular weight excluding hydrogens is 320 g/mol. The molecule has 0 aliphatic heterocycles. The third-order valence-corrected chi connectivity index (χ3v) is 4.40. The van der Waals surface area contributed by atoms with Crippen molar-refractivity contribution in [3.63, 3.8) is 0 Å². The number of aromatic hydroxyl groups is 1. The van der Waals surface area contributed by atoms with Crippen molar-refractivity contribution in [1.82, 2.24) is 5.32 Å². The molecule has 0 radical (unpaired) electrons. The largest absolute Gasteiger partial charge is 0.507 e. The molecule has 0 heterocycles. The van der Waals surface area contributed by atoms with Gasteiger partial charge in [0.15, 0.2) is 0 Å². The average molecular weight is 337 g/mol. The number of hydrogen-bond donors (Lipinski definition) is 2. The summed E-state index contributed by atoms with van der Waals surface area (Å²) < 4.78 is 0.540. The Kier molecular flexibility index (Phi) is 4.66. The molecule has 2 N–H and O–H groups in total. The minimum absolute atomic E-state index is 0.0181. The Labute approximate surface area is 126 Å². The number of nitrogens with zero attached hydrogens (tertiary/aromatic N) is 1. The summed E-state index contributed by atoms with van der Waals surface area (Å²) >= 11 is 3.18. The van der Waals surface area contributed by atoms with Crippen LogP contribution in [0.4, 0.5) is 0 Å². The Morgan fingerprint density at radius 3 is 2.50 bits per heavy atom. The lowest BCUT2D eigenvalue weighted by atomic mass is 9.91. The summed E-state index contributed by atoms with van der Waals surface area (Å²) in [5.74, 6) is -0.291. The lowest BCUT2D eigenvalue weighted by Crippen LogP contribution is -2.47. The van der Waals surface area contributed by atoms with E-state index in [4.69, 9.17) is 0 Å². The molecule has 0 unspecified atom stereocenters. The van der Waals surface area contributed by atoms with E-state index in [1.165, 1.54) is 6.07 Å². The molecule has 0 aromatic heterocycles. The number of hydrogen-bond acceptors (Lipinski definition) is 3. The second-order valence-electron chi connectivity index (χ2n) is 5.23. The molecule has 1 aliphatic rings. The van der Waals surface area contributed by atoms with E-state index >= 15 is 0 Å². The first-order chi connectivity index (χ1) is 9.56. The average Bonchev–Trinajstić information content (AvgIpc) is 2.68. The van der Waals surface area contributed by atoms with E-state index in [1.807, 2.05) is 0 Å². The van der Waals surface area contributed by atoms with Gasteiger partial charge in [-0.25, -0.2) is 0 Å². The quantitative estimate of drug-likeness (QED) is 0.811. The zero-order chi connectivity index (χ0) is 14.6. The number of benzene rings is 1. The lowest BCUT2D eigenvalue weighted by Gasteiger charge is -2.26. The molecule has 20 heavy (non-hydrogen) atoms. The molecule has 1 amide bonds. The fourth-order valence-corrected chi connectivity index (χ4v) is 2.79. The van der Waals surface area contributed by atoms with Crippen molar-refractivity contribution in [3.05, 3.63) is 28.2 Å². The van der Waals surface area contributed by atoms with Crippen LogP contribution >= 0.6 is 15.9 Å². The van der Waals surface area contributed by atoms with Crippen LogP contribution in [0.2, 0.25) is 0 Å². The van der Waals surface area contributed by atoms with Gasteiger partial charge in [0.1, 0.15) is 11.3 Å². The van der Waals surface area contributed by atoms with E-state index in [0.717, 1.165) is 25.7 Å². The zero-order valence-electron chi connectivity index (χ0n) is 11.2. The van der Waals surface area contributed by atoms with E-state index < -0.39 is 5.54 Å². The van der Waals surface area contributed by atoms with Gasteiger partial charge in [-0.15, -0.1) is 0 Å².